The number of ether oxygens (including phenoxy) is 1. The summed E-state index contributed by atoms with van der Waals surface area (Å²) in [4.78, 5) is 8.65. The van der Waals surface area contributed by atoms with E-state index in [1.54, 1.807) is 24.4 Å². The minimum Gasteiger partial charge on any atom is -0.439 e. The maximum Gasteiger partial charge on any atom is 0.224 e. The number of aromatic nitrogens is 1. The molecule has 6 heteroatoms. The molecule has 0 saturated heterocycles. The van der Waals surface area contributed by atoms with Crippen molar-refractivity contribution in [2.24, 2.45) is 4.99 Å². The highest BCUT2D eigenvalue weighted by Crippen LogP contribution is 2.23. The number of hydrogen-bond donors (Lipinski definition) is 2. The van der Waals surface area contributed by atoms with Crippen molar-refractivity contribution in [3.05, 3.63) is 54.0 Å². The Bertz CT molecular complexity index is 740. The van der Waals surface area contributed by atoms with Crippen molar-refractivity contribution >= 4 is 5.96 Å². The van der Waals surface area contributed by atoms with Gasteiger partial charge in [0, 0.05) is 24.4 Å². The molecular formula is C18H19FN4O. The molecule has 0 saturated carbocycles. The Morgan fingerprint density at radius 3 is 2.96 bits per heavy atom. The van der Waals surface area contributed by atoms with E-state index in [4.69, 9.17) is 11.2 Å². The second kappa shape index (κ2) is 9.16. The number of pyridine rings is 1. The van der Waals surface area contributed by atoms with E-state index in [-0.39, 0.29) is 5.82 Å². The number of guanidine groups is 1. The van der Waals surface area contributed by atoms with E-state index >= 15 is 0 Å². The first kappa shape index (κ1) is 17.3. The summed E-state index contributed by atoms with van der Waals surface area (Å²) in [5, 5.41) is 6.11. The predicted molar refractivity (Wildman–Crippen MR) is 92.4 cm³/mol. The van der Waals surface area contributed by atoms with Gasteiger partial charge < -0.3 is 15.4 Å². The number of aliphatic imine (C=N–C) groups is 1. The van der Waals surface area contributed by atoms with E-state index < -0.39 is 0 Å². The monoisotopic (exact) mass is 326 g/mol. The topological polar surface area (TPSA) is 58.5 Å². The van der Waals surface area contributed by atoms with Crippen LogP contribution in [-0.4, -0.2) is 24.0 Å². The van der Waals surface area contributed by atoms with Gasteiger partial charge in [-0.3, -0.25) is 0 Å². The third-order valence-corrected chi connectivity index (χ3v) is 2.97. The molecule has 0 aliphatic carbocycles. The third kappa shape index (κ3) is 5.29. The maximum absolute atomic E-state index is 13.3. The second-order valence-electron chi connectivity index (χ2n) is 4.78. The molecule has 1 aromatic carbocycles. The number of benzene rings is 1. The Morgan fingerprint density at radius 2 is 2.21 bits per heavy atom. The van der Waals surface area contributed by atoms with Crippen LogP contribution in [0.1, 0.15) is 12.5 Å². The molecule has 5 nitrogen and oxygen atoms in total. The third-order valence-electron chi connectivity index (χ3n) is 2.97. The van der Waals surface area contributed by atoms with Gasteiger partial charge in [-0.15, -0.1) is 6.42 Å². The van der Waals surface area contributed by atoms with Gasteiger partial charge in [0.2, 0.25) is 5.88 Å². The Balaban J connectivity index is 2.14. The molecule has 0 aliphatic rings. The molecule has 0 unspecified atom stereocenters. The lowest BCUT2D eigenvalue weighted by Crippen LogP contribution is -2.37. The van der Waals surface area contributed by atoms with Crippen molar-refractivity contribution in [2.75, 3.05) is 13.1 Å². The molecule has 0 fully saturated rings. The summed E-state index contributed by atoms with van der Waals surface area (Å²) >= 11 is 0. The zero-order valence-corrected chi connectivity index (χ0v) is 13.4. The van der Waals surface area contributed by atoms with Crippen molar-refractivity contribution in [1.82, 2.24) is 15.6 Å². The highest BCUT2D eigenvalue weighted by atomic mass is 19.1. The molecule has 0 bridgehead atoms. The van der Waals surface area contributed by atoms with Gasteiger partial charge in [-0.05, 0) is 25.1 Å². The number of rotatable bonds is 6. The summed E-state index contributed by atoms with van der Waals surface area (Å²) in [6.45, 7) is 3.41. The molecule has 0 amide bonds. The fourth-order valence-corrected chi connectivity index (χ4v) is 1.92. The van der Waals surface area contributed by atoms with Crippen LogP contribution in [0.4, 0.5) is 4.39 Å². The van der Waals surface area contributed by atoms with Crippen LogP contribution >= 0.6 is 0 Å². The van der Waals surface area contributed by atoms with E-state index in [2.05, 4.69) is 26.5 Å². The molecule has 124 valence electrons. The summed E-state index contributed by atoms with van der Waals surface area (Å²) in [6.07, 6.45) is 6.86. The van der Waals surface area contributed by atoms with E-state index in [1.165, 1.54) is 12.1 Å². The summed E-state index contributed by atoms with van der Waals surface area (Å²) in [7, 11) is 0. The second-order valence-corrected chi connectivity index (χ2v) is 4.78. The fourth-order valence-electron chi connectivity index (χ4n) is 1.92. The average Bonchev–Trinajstić information content (AvgIpc) is 2.58. The Kier molecular flexibility index (Phi) is 6.59. The summed E-state index contributed by atoms with van der Waals surface area (Å²) < 4.78 is 18.9. The van der Waals surface area contributed by atoms with Crippen molar-refractivity contribution in [1.29, 1.82) is 0 Å². The first-order valence-corrected chi connectivity index (χ1v) is 7.56. The average molecular weight is 326 g/mol. The molecule has 24 heavy (non-hydrogen) atoms. The largest absolute Gasteiger partial charge is 0.439 e. The molecule has 2 aromatic rings. The first-order valence-electron chi connectivity index (χ1n) is 7.56. The highest BCUT2D eigenvalue weighted by molar-refractivity contribution is 5.80. The van der Waals surface area contributed by atoms with Crippen LogP contribution in [0.2, 0.25) is 0 Å². The molecule has 0 atom stereocenters. The Morgan fingerprint density at radius 1 is 1.33 bits per heavy atom. The molecule has 1 aromatic heterocycles. The van der Waals surface area contributed by atoms with Crippen molar-refractivity contribution in [3.63, 3.8) is 0 Å². The van der Waals surface area contributed by atoms with Gasteiger partial charge in [-0.1, -0.05) is 18.1 Å². The van der Waals surface area contributed by atoms with E-state index in [1.807, 2.05) is 13.0 Å². The number of halogens is 1. The summed E-state index contributed by atoms with van der Waals surface area (Å²) in [5.74, 6) is 3.52. The van der Waals surface area contributed by atoms with Crippen LogP contribution < -0.4 is 15.4 Å². The number of terminal acetylenes is 1. The SMILES string of the molecule is C#CCNC(=NCc1cccnc1Oc1cccc(F)c1)NCC. The highest BCUT2D eigenvalue weighted by Gasteiger charge is 2.07. The standard InChI is InChI=1S/C18H19FN4O/c1-3-10-22-18(20-4-2)23-13-14-7-6-11-21-17(14)24-16-9-5-8-15(19)12-16/h1,5-9,11-12H,4,10,13H2,2H3,(H2,20,22,23). The first-order chi connectivity index (χ1) is 11.7. The maximum atomic E-state index is 13.3. The number of hydrogen-bond acceptors (Lipinski definition) is 3. The van der Waals surface area contributed by atoms with Gasteiger partial charge in [0.25, 0.3) is 0 Å². The fraction of sp³-hybridized carbons (Fsp3) is 0.222. The lowest BCUT2D eigenvalue weighted by Gasteiger charge is -2.11. The molecule has 1 heterocycles. The molecule has 2 N–H and O–H groups in total. The minimum atomic E-state index is -0.365. The van der Waals surface area contributed by atoms with E-state index in [9.17, 15) is 4.39 Å². The van der Waals surface area contributed by atoms with Crippen LogP contribution in [0, 0.1) is 18.2 Å². The quantitative estimate of drug-likeness (QED) is 0.487. The summed E-state index contributed by atoms with van der Waals surface area (Å²) in [5.41, 5.74) is 0.777. The summed E-state index contributed by atoms with van der Waals surface area (Å²) in [6, 6.07) is 9.57. The minimum absolute atomic E-state index is 0.346. The van der Waals surface area contributed by atoms with Crippen LogP contribution in [-0.2, 0) is 6.54 Å². The van der Waals surface area contributed by atoms with Crippen LogP contribution in [0.15, 0.2) is 47.6 Å². The lowest BCUT2D eigenvalue weighted by atomic mass is 10.2. The molecule has 0 aliphatic heterocycles. The van der Waals surface area contributed by atoms with Crippen molar-refractivity contribution in [3.8, 4) is 24.0 Å². The zero-order valence-electron chi connectivity index (χ0n) is 13.4. The van der Waals surface area contributed by atoms with Crippen LogP contribution in [0.5, 0.6) is 11.6 Å². The van der Waals surface area contributed by atoms with E-state index in [0.29, 0.717) is 30.7 Å². The Labute approximate surface area is 141 Å². The normalized spacial score (nSPS) is 10.8. The van der Waals surface area contributed by atoms with E-state index in [0.717, 1.165) is 12.1 Å². The lowest BCUT2D eigenvalue weighted by molar-refractivity contribution is 0.452. The van der Waals surface area contributed by atoms with Gasteiger partial charge in [-0.2, -0.15) is 0 Å². The molecule has 2 rings (SSSR count). The zero-order chi connectivity index (χ0) is 17.2. The van der Waals surface area contributed by atoms with Crippen molar-refractivity contribution < 1.29 is 9.13 Å². The van der Waals surface area contributed by atoms with Crippen molar-refractivity contribution in [2.45, 2.75) is 13.5 Å². The Hall–Kier alpha value is -3.07. The van der Waals surface area contributed by atoms with Gasteiger partial charge >= 0.3 is 0 Å². The molecule has 0 radical (unpaired) electrons. The molecule has 0 spiro atoms. The van der Waals surface area contributed by atoms with Gasteiger partial charge in [0.05, 0.1) is 13.1 Å². The number of nitrogens with zero attached hydrogens (tertiary/aromatic N) is 2. The van der Waals surface area contributed by atoms with Crippen LogP contribution in [0.3, 0.4) is 0 Å². The van der Waals surface area contributed by atoms with Crippen LogP contribution in [0.25, 0.3) is 0 Å². The van der Waals surface area contributed by atoms with Gasteiger partial charge in [0.1, 0.15) is 11.6 Å². The molecular weight excluding hydrogens is 307 g/mol. The number of nitrogens with one attached hydrogen (secondary N) is 2. The predicted octanol–water partition coefficient (Wildman–Crippen LogP) is 2.70. The van der Waals surface area contributed by atoms with Gasteiger partial charge in [0.15, 0.2) is 5.96 Å². The smallest absolute Gasteiger partial charge is 0.224 e. The van der Waals surface area contributed by atoms with Gasteiger partial charge in [-0.25, -0.2) is 14.4 Å².